The third-order valence-electron chi connectivity index (χ3n) is 11.0. The number of fused-ring (bicyclic) bond motifs is 1. The molecule has 0 N–H and O–H groups in total. The summed E-state index contributed by atoms with van der Waals surface area (Å²) in [6, 6.07) is 23.5. The molecule has 0 unspecified atom stereocenters. The summed E-state index contributed by atoms with van der Waals surface area (Å²) in [7, 11) is 1.79. The number of esters is 1. The molecule has 3 aromatic heterocycles. The number of carbonyl (C=O) groups excluding carboxylic acids is 3. The van der Waals surface area contributed by atoms with Crippen LogP contribution in [-0.2, 0) is 29.5 Å². The number of aromatic nitrogens is 4. The van der Waals surface area contributed by atoms with Crippen LogP contribution in [0.2, 0.25) is 0 Å². The van der Waals surface area contributed by atoms with Crippen LogP contribution in [0.1, 0.15) is 56.7 Å². The number of pyridine rings is 1. The molecule has 0 spiro atoms. The summed E-state index contributed by atoms with van der Waals surface area (Å²) in [6.45, 7) is 8.63. The average Bonchev–Trinajstić information content (AvgIpc) is 3.63. The van der Waals surface area contributed by atoms with Crippen molar-refractivity contribution in [2.24, 2.45) is 7.05 Å². The zero-order valence-corrected chi connectivity index (χ0v) is 32.8. The number of carbonyl (C=O) groups is 3. The number of ketones is 1. The fourth-order valence-corrected chi connectivity index (χ4v) is 7.79. The molecule has 12 nitrogen and oxygen atoms in total. The molecule has 13 heteroatoms. The van der Waals surface area contributed by atoms with Crippen LogP contribution >= 0.6 is 0 Å². The smallest absolute Gasteiger partial charge is 0.344 e. The van der Waals surface area contributed by atoms with E-state index in [-0.39, 0.29) is 28.0 Å². The molecular weight excluding hydrogens is 728 g/mol. The predicted molar refractivity (Wildman–Crippen MR) is 217 cm³/mol. The van der Waals surface area contributed by atoms with Gasteiger partial charge in [-0.3, -0.25) is 23.9 Å². The Hall–Kier alpha value is -6.50. The van der Waals surface area contributed by atoms with E-state index >= 15 is 4.39 Å². The van der Waals surface area contributed by atoms with Crippen LogP contribution in [0.4, 0.5) is 10.1 Å². The normalized spacial score (nSPS) is 13.0. The molecule has 1 saturated heterocycles. The first-order chi connectivity index (χ1) is 27.4. The number of para-hydroxylation sites is 1. The molecule has 6 aromatic rings. The average molecular weight is 773 g/mol. The van der Waals surface area contributed by atoms with Gasteiger partial charge in [-0.05, 0) is 70.0 Å². The van der Waals surface area contributed by atoms with Crippen LogP contribution in [0.25, 0.3) is 22.3 Å². The molecule has 4 heterocycles. The number of hydrogen-bond donors (Lipinski definition) is 0. The molecular formula is C44H45FN6O6. The van der Waals surface area contributed by atoms with Gasteiger partial charge in [-0.1, -0.05) is 48.5 Å². The Morgan fingerprint density at radius 3 is 2.16 bits per heavy atom. The van der Waals surface area contributed by atoms with Crippen molar-refractivity contribution in [3.8, 4) is 11.4 Å². The molecule has 294 valence electrons. The molecule has 0 atom stereocenters. The Labute approximate surface area is 328 Å². The van der Waals surface area contributed by atoms with Crippen LogP contribution < -0.4 is 15.9 Å². The quantitative estimate of drug-likeness (QED) is 0.123. The molecule has 57 heavy (non-hydrogen) atoms. The number of nitrogens with zero attached hydrogens (tertiary/aromatic N) is 6. The van der Waals surface area contributed by atoms with E-state index in [0.717, 1.165) is 11.6 Å². The highest BCUT2D eigenvalue weighted by molar-refractivity contribution is 6.01. The zero-order valence-electron chi connectivity index (χ0n) is 32.8. The van der Waals surface area contributed by atoms with Crippen molar-refractivity contribution in [1.82, 2.24) is 23.4 Å². The Balaban J connectivity index is 1.06. The lowest BCUT2D eigenvalue weighted by Gasteiger charge is -2.36. The number of benzene rings is 3. The van der Waals surface area contributed by atoms with Crippen LogP contribution in [0, 0.1) is 26.6 Å². The van der Waals surface area contributed by atoms with Crippen molar-refractivity contribution < 1.29 is 23.5 Å². The monoisotopic (exact) mass is 772 g/mol. The fraction of sp³-hybridized carbons (Fsp3) is 0.295. The van der Waals surface area contributed by atoms with Gasteiger partial charge in [0.1, 0.15) is 17.1 Å². The number of aryl methyl sites for hydroxylation is 3. The molecule has 3 aromatic carbocycles. The van der Waals surface area contributed by atoms with Crippen LogP contribution in [0.3, 0.4) is 0 Å². The predicted octanol–water partition coefficient (Wildman–Crippen LogP) is 5.69. The van der Waals surface area contributed by atoms with E-state index in [0.29, 0.717) is 85.2 Å². The highest BCUT2D eigenvalue weighted by atomic mass is 19.1. The van der Waals surface area contributed by atoms with Crippen molar-refractivity contribution >= 4 is 34.3 Å². The molecule has 1 aliphatic rings. The molecule has 7 rings (SSSR count). The fourth-order valence-electron chi connectivity index (χ4n) is 7.79. The van der Waals surface area contributed by atoms with Gasteiger partial charge in [-0.15, -0.1) is 0 Å². The largest absolute Gasteiger partial charge is 0.454 e. The summed E-state index contributed by atoms with van der Waals surface area (Å²) in [4.78, 5) is 70.9. The third kappa shape index (κ3) is 7.32. The number of piperazine rings is 1. The summed E-state index contributed by atoms with van der Waals surface area (Å²) in [5.74, 6) is -2.08. The second kappa shape index (κ2) is 15.9. The Morgan fingerprint density at radius 1 is 0.825 bits per heavy atom. The number of hydrogen-bond acceptors (Lipinski definition) is 7. The van der Waals surface area contributed by atoms with Gasteiger partial charge in [0, 0.05) is 74.7 Å². The lowest BCUT2D eigenvalue weighted by atomic mass is 10.1. The van der Waals surface area contributed by atoms with Crippen LogP contribution in [-0.4, -0.2) is 73.8 Å². The number of rotatable bonds is 11. The molecule has 0 saturated carbocycles. The van der Waals surface area contributed by atoms with Gasteiger partial charge in [0.2, 0.25) is 17.1 Å². The highest BCUT2D eigenvalue weighted by Crippen LogP contribution is 2.27. The summed E-state index contributed by atoms with van der Waals surface area (Å²) >= 11 is 0. The number of Topliss-reactive ketones (excluding diaryl/α,β-unsaturated/α-hetero) is 1. The first-order valence-corrected chi connectivity index (χ1v) is 19.1. The standard InChI is InChI=1S/C44H45FN6O6/c1-6-47-26-35(42(54)34-24-36(45)38(25-37(34)47)48-19-21-49(22-20-48)40(53)18-17-31-13-9-7-10-14-31)44(56)57-27-39(52)33-23-28(2)50(29(33)3)41-30(4)46(5)51(43(41)55)32-15-11-8-12-16-32/h7-16,23-26H,6,17-22,27H2,1-5H3. The number of halogens is 1. The van der Waals surface area contributed by atoms with Gasteiger partial charge in [0.25, 0.3) is 5.56 Å². The lowest BCUT2D eigenvalue weighted by molar-refractivity contribution is -0.131. The van der Waals surface area contributed by atoms with Gasteiger partial charge < -0.3 is 23.7 Å². The van der Waals surface area contributed by atoms with Gasteiger partial charge in [0.15, 0.2) is 6.61 Å². The van der Waals surface area contributed by atoms with E-state index in [1.165, 1.54) is 6.20 Å². The minimum atomic E-state index is -1.01. The second-order valence-electron chi connectivity index (χ2n) is 14.4. The van der Waals surface area contributed by atoms with E-state index < -0.39 is 29.6 Å². The van der Waals surface area contributed by atoms with Gasteiger partial charge >= 0.3 is 5.97 Å². The highest BCUT2D eigenvalue weighted by Gasteiger charge is 2.27. The lowest BCUT2D eigenvalue weighted by Crippen LogP contribution is -2.49. The minimum Gasteiger partial charge on any atom is -0.454 e. The van der Waals surface area contributed by atoms with Crippen molar-refractivity contribution in [2.75, 3.05) is 37.7 Å². The Kier molecular flexibility index (Phi) is 10.8. The Bertz CT molecular complexity index is 2630. The van der Waals surface area contributed by atoms with Crippen molar-refractivity contribution in [2.45, 2.75) is 47.1 Å². The SMILES string of the molecule is CCn1cc(C(=O)OCC(=O)c2cc(C)n(-c3c(C)n(C)n(-c4ccccc4)c3=O)c2C)c(=O)c2cc(F)c(N3CCN(C(=O)CCc4ccccc4)CC3)cc21. The van der Waals surface area contributed by atoms with Crippen molar-refractivity contribution in [3.05, 3.63) is 145 Å². The zero-order chi connectivity index (χ0) is 40.5. The topological polar surface area (TPSA) is 121 Å². The maximum Gasteiger partial charge on any atom is 0.344 e. The molecule has 1 fully saturated rings. The molecule has 1 amide bonds. The van der Waals surface area contributed by atoms with Gasteiger partial charge in [-0.25, -0.2) is 13.9 Å². The van der Waals surface area contributed by atoms with Gasteiger partial charge in [-0.2, -0.15) is 0 Å². The second-order valence-corrected chi connectivity index (χ2v) is 14.4. The van der Waals surface area contributed by atoms with Crippen molar-refractivity contribution in [3.63, 3.8) is 0 Å². The number of anilines is 1. The molecule has 1 aliphatic heterocycles. The van der Waals surface area contributed by atoms with Crippen LogP contribution in [0.5, 0.6) is 0 Å². The molecule has 0 radical (unpaired) electrons. The first kappa shape index (κ1) is 38.8. The maximum absolute atomic E-state index is 15.8. The van der Waals surface area contributed by atoms with E-state index in [2.05, 4.69) is 0 Å². The van der Waals surface area contributed by atoms with Crippen LogP contribution in [0.15, 0.2) is 94.6 Å². The summed E-state index contributed by atoms with van der Waals surface area (Å²) in [5.41, 5.74) is 3.76. The van der Waals surface area contributed by atoms with E-state index in [1.807, 2.05) is 79.4 Å². The summed E-state index contributed by atoms with van der Waals surface area (Å²) < 4.78 is 27.9. The van der Waals surface area contributed by atoms with E-state index in [1.54, 1.807) is 56.4 Å². The van der Waals surface area contributed by atoms with Gasteiger partial charge in [0.05, 0.1) is 22.6 Å². The Morgan fingerprint density at radius 2 is 1.49 bits per heavy atom. The van der Waals surface area contributed by atoms with E-state index in [9.17, 15) is 24.0 Å². The maximum atomic E-state index is 15.8. The minimum absolute atomic E-state index is 0.0107. The van der Waals surface area contributed by atoms with E-state index in [4.69, 9.17) is 4.74 Å². The third-order valence-corrected chi connectivity index (χ3v) is 11.0. The molecule has 0 bridgehead atoms. The number of ether oxygens (including phenoxy) is 1. The van der Waals surface area contributed by atoms with Crippen molar-refractivity contribution in [1.29, 1.82) is 0 Å². The summed E-state index contributed by atoms with van der Waals surface area (Å²) in [5, 5.41) is 0.0107. The number of amides is 1. The summed E-state index contributed by atoms with van der Waals surface area (Å²) in [6.07, 6.45) is 2.43. The molecule has 0 aliphatic carbocycles. The first-order valence-electron chi connectivity index (χ1n) is 19.1.